The van der Waals surface area contributed by atoms with Gasteiger partial charge in [0.15, 0.2) is 5.78 Å². The van der Waals surface area contributed by atoms with Gasteiger partial charge in [-0.15, -0.1) is 0 Å². The monoisotopic (exact) mass is 246 g/mol. The number of carbonyl (C=O) groups is 1. The molecular formula is C16H22O2. The van der Waals surface area contributed by atoms with Crippen molar-refractivity contribution in [1.82, 2.24) is 0 Å². The number of rotatable bonds is 2. The van der Waals surface area contributed by atoms with Crippen molar-refractivity contribution in [2.45, 2.75) is 51.6 Å². The summed E-state index contributed by atoms with van der Waals surface area (Å²) in [6.07, 6.45) is 2.09. The van der Waals surface area contributed by atoms with Gasteiger partial charge < -0.3 is 5.11 Å². The first-order chi connectivity index (χ1) is 8.39. The highest BCUT2D eigenvalue weighted by atomic mass is 16.3. The molecule has 0 spiro atoms. The average Bonchev–Trinajstić information content (AvgIpc) is 2.73. The van der Waals surface area contributed by atoms with Crippen molar-refractivity contribution in [2.75, 3.05) is 0 Å². The molecule has 2 heteroatoms. The second kappa shape index (κ2) is 4.85. The number of hydrogen-bond acceptors (Lipinski definition) is 2. The standard InChI is InChI=1S/C16H22O2/c1-16(2,3)12-9-7-11(8-10-12)15(18)13-5-4-6-14(13)17/h7-10,13-14,17H,4-6H2,1-3H3/t13-,14-/m0/s1. The first-order valence-corrected chi connectivity index (χ1v) is 6.72. The molecule has 0 radical (unpaired) electrons. The van der Waals surface area contributed by atoms with E-state index in [9.17, 15) is 9.90 Å². The van der Waals surface area contributed by atoms with Crippen molar-refractivity contribution in [2.24, 2.45) is 5.92 Å². The maximum atomic E-state index is 12.3. The van der Waals surface area contributed by atoms with Gasteiger partial charge in [0.2, 0.25) is 0 Å². The predicted octanol–water partition coefficient (Wildman–Crippen LogP) is 3.33. The van der Waals surface area contributed by atoms with Crippen LogP contribution in [0.4, 0.5) is 0 Å². The first-order valence-electron chi connectivity index (χ1n) is 6.72. The van der Waals surface area contributed by atoms with Crippen molar-refractivity contribution >= 4 is 5.78 Å². The quantitative estimate of drug-likeness (QED) is 0.813. The highest BCUT2D eigenvalue weighted by Gasteiger charge is 2.31. The zero-order chi connectivity index (χ0) is 13.3. The summed E-state index contributed by atoms with van der Waals surface area (Å²) in [5.74, 6) is -0.0917. The van der Waals surface area contributed by atoms with Crippen LogP contribution in [0.1, 0.15) is 56.0 Å². The fourth-order valence-corrected chi connectivity index (χ4v) is 2.59. The lowest BCUT2D eigenvalue weighted by atomic mass is 9.85. The zero-order valence-electron chi connectivity index (χ0n) is 11.4. The molecule has 0 bridgehead atoms. The Morgan fingerprint density at radius 1 is 1.17 bits per heavy atom. The number of Topliss-reactive ketones (excluding diaryl/α,β-unsaturated/α-hetero) is 1. The molecule has 0 unspecified atom stereocenters. The van der Waals surface area contributed by atoms with Gasteiger partial charge >= 0.3 is 0 Å². The zero-order valence-corrected chi connectivity index (χ0v) is 11.4. The van der Waals surface area contributed by atoms with E-state index in [1.54, 1.807) is 0 Å². The number of aliphatic hydroxyl groups is 1. The van der Waals surface area contributed by atoms with Crippen molar-refractivity contribution in [3.05, 3.63) is 35.4 Å². The minimum Gasteiger partial charge on any atom is -0.392 e. The van der Waals surface area contributed by atoms with E-state index < -0.39 is 6.10 Å². The summed E-state index contributed by atoms with van der Waals surface area (Å²) in [5, 5.41) is 9.78. The number of aliphatic hydroxyl groups excluding tert-OH is 1. The van der Waals surface area contributed by atoms with Crippen LogP contribution in [-0.2, 0) is 5.41 Å². The molecule has 2 atom stereocenters. The lowest BCUT2D eigenvalue weighted by Crippen LogP contribution is -2.23. The van der Waals surface area contributed by atoms with Crippen LogP contribution in [0.3, 0.4) is 0 Å². The fourth-order valence-electron chi connectivity index (χ4n) is 2.59. The SMILES string of the molecule is CC(C)(C)c1ccc(C(=O)[C@H]2CCC[C@@H]2O)cc1. The van der Waals surface area contributed by atoms with Gasteiger partial charge in [-0.05, 0) is 23.8 Å². The van der Waals surface area contributed by atoms with E-state index in [0.717, 1.165) is 24.8 Å². The maximum Gasteiger partial charge on any atom is 0.168 e. The molecule has 0 aromatic heterocycles. The van der Waals surface area contributed by atoms with Crippen molar-refractivity contribution in [3.8, 4) is 0 Å². The summed E-state index contributed by atoms with van der Waals surface area (Å²) in [7, 11) is 0. The minimum absolute atomic E-state index is 0.0976. The molecule has 1 aliphatic carbocycles. The Labute approximate surface area is 109 Å². The molecular weight excluding hydrogens is 224 g/mol. The van der Waals surface area contributed by atoms with Crippen molar-refractivity contribution < 1.29 is 9.90 Å². The molecule has 1 fully saturated rings. The third-order valence-electron chi connectivity index (χ3n) is 3.85. The van der Waals surface area contributed by atoms with Gasteiger partial charge in [-0.3, -0.25) is 4.79 Å². The molecule has 1 N–H and O–H groups in total. The Morgan fingerprint density at radius 2 is 1.78 bits per heavy atom. The molecule has 1 saturated carbocycles. The smallest absolute Gasteiger partial charge is 0.168 e. The maximum absolute atomic E-state index is 12.3. The second-order valence-corrected chi connectivity index (χ2v) is 6.30. The molecule has 98 valence electrons. The normalized spacial score (nSPS) is 24.2. The second-order valence-electron chi connectivity index (χ2n) is 6.30. The van der Waals surface area contributed by atoms with Gasteiger partial charge in [-0.2, -0.15) is 0 Å². The fraction of sp³-hybridized carbons (Fsp3) is 0.562. The summed E-state index contributed by atoms with van der Waals surface area (Å²) in [6, 6.07) is 7.84. The third kappa shape index (κ3) is 2.64. The summed E-state index contributed by atoms with van der Waals surface area (Å²) in [6.45, 7) is 6.47. The molecule has 1 aromatic rings. The van der Waals surface area contributed by atoms with Gasteiger partial charge in [0.05, 0.1) is 6.10 Å². The lowest BCUT2D eigenvalue weighted by Gasteiger charge is -2.19. The van der Waals surface area contributed by atoms with E-state index in [4.69, 9.17) is 0 Å². The number of ketones is 1. The first kappa shape index (κ1) is 13.3. The molecule has 1 aromatic carbocycles. The Hall–Kier alpha value is -1.15. The lowest BCUT2D eigenvalue weighted by molar-refractivity contribution is 0.0758. The van der Waals surface area contributed by atoms with Crippen LogP contribution >= 0.6 is 0 Å². The van der Waals surface area contributed by atoms with Crippen LogP contribution in [0.2, 0.25) is 0 Å². The minimum atomic E-state index is -0.445. The van der Waals surface area contributed by atoms with Crippen LogP contribution in [0, 0.1) is 5.92 Å². The number of hydrogen-bond donors (Lipinski definition) is 1. The summed E-state index contributed by atoms with van der Waals surface area (Å²) in [4.78, 5) is 12.3. The van der Waals surface area contributed by atoms with Gasteiger partial charge in [-0.25, -0.2) is 0 Å². The molecule has 2 rings (SSSR count). The highest BCUT2D eigenvalue weighted by Crippen LogP contribution is 2.29. The highest BCUT2D eigenvalue weighted by molar-refractivity contribution is 5.98. The summed E-state index contributed by atoms with van der Waals surface area (Å²) < 4.78 is 0. The Balaban J connectivity index is 2.17. The molecule has 1 aliphatic rings. The van der Waals surface area contributed by atoms with Gasteiger partial charge in [0.25, 0.3) is 0 Å². The summed E-state index contributed by atoms with van der Waals surface area (Å²) >= 11 is 0. The predicted molar refractivity (Wildman–Crippen MR) is 72.8 cm³/mol. The Morgan fingerprint density at radius 3 is 2.22 bits per heavy atom. The van der Waals surface area contributed by atoms with E-state index in [1.807, 2.05) is 24.3 Å². The Bertz CT molecular complexity index is 425. The molecule has 0 amide bonds. The van der Waals surface area contributed by atoms with Crippen LogP contribution in [0.25, 0.3) is 0 Å². The van der Waals surface area contributed by atoms with E-state index in [2.05, 4.69) is 20.8 Å². The van der Waals surface area contributed by atoms with Gasteiger partial charge in [0, 0.05) is 11.5 Å². The van der Waals surface area contributed by atoms with Crippen LogP contribution in [-0.4, -0.2) is 17.0 Å². The molecule has 0 saturated heterocycles. The molecule has 2 nitrogen and oxygen atoms in total. The molecule has 0 heterocycles. The van der Waals surface area contributed by atoms with E-state index in [1.165, 1.54) is 5.56 Å². The average molecular weight is 246 g/mol. The number of benzene rings is 1. The van der Waals surface area contributed by atoms with Gasteiger partial charge in [0.1, 0.15) is 0 Å². The van der Waals surface area contributed by atoms with Crippen LogP contribution in [0.5, 0.6) is 0 Å². The largest absolute Gasteiger partial charge is 0.392 e. The van der Waals surface area contributed by atoms with E-state index >= 15 is 0 Å². The number of carbonyl (C=O) groups excluding carboxylic acids is 1. The summed E-state index contributed by atoms with van der Waals surface area (Å²) in [5.41, 5.74) is 2.06. The third-order valence-corrected chi connectivity index (χ3v) is 3.85. The Kier molecular flexibility index (Phi) is 3.58. The van der Waals surface area contributed by atoms with Crippen LogP contribution in [0.15, 0.2) is 24.3 Å². The molecule has 0 aliphatic heterocycles. The van der Waals surface area contributed by atoms with Crippen LogP contribution < -0.4 is 0 Å². The van der Waals surface area contributed by atoms with Crippen molar-refractivity contribution in [1.29, 1.82) is 0 Å². The molecule has 18 heavy (non-hydrogen) atoms. The van der Waals surface area contributed by atoms with E-state index in [0.29, 0.717) is 0 Å². The van der Waals surface area contributed by atoms with E-state index in [-0.39, 0.29) is 17.1 Å². The topological polar surface area (TPSA) is 37.3 Å². The van der Waals surface area contributed by atoms with Gasteiger partial charge in [-0.1, -0.05) is 51.5 Å². The van der Waals surface area contributed by atoms with Crippen molar-refractivity contribution in [3.63, 3.8) is 0 Å².